The molecule has 2 fully saturated rings. The molecule has 2 aliphatic rings. The largest absolute Gasteiger partial charge is 0.481 e. The molecule has 0 radical (unpaired) electrons. The van der Waals surface area contributed by atoms with E-state index in [0.717, 1.165) is 17.1 Å². The van der Waals surface area contributed by atoms with Gasteiger partial charge in [-0.15, -0.1) is 0 Å². The number of aliphatic carboxylic acids is 1. The molecule has 7 nitrogen and oxygen atoms in total. The second-order valence-electron chi connectivity index (χ2n) is 10.7. The molecule has 2 aromatic heterocycles. The third kappa shape index (κ3) is 4.45. The van der Waals surface area contributed by atoms with Crippen molar-refractivity contribution in [3.05, 3.63) is 22.5 Å². The Hall–Kier alpha value is -2.83. The first-order valence-electron chi connectivity index (χ1n) is 12.3. The topological polar surface area (TPSA) is 94.5 Å². The summed E-state index contributed by atoms with van der Waals surface area (Å²) in [6, 6.07) is 2.22. The Bertz CT molecular complexity index is 1170. The first-order chi connectivity index (χ1) is 16.4. The number of fused-ring (bicyclic) bond motifs is 1. The fourth-order valence-electron chi connectivity index (χ4n) is 5.83. The van der Waals surface area contributed by atoms with Crippen molar-refractivity contribution in [1.29, 1.82) is 5.26 Å². The molecule has 0 amide bonds. The van der Waals surface area contributed by atoms with Crippen LogP contribution in [0, 0.1) is 29.6 Å². The van der Waals surface area contributed by atoms with Crippen LogP contribution < -0.4 is 4.90 Å². The molecule has 1 N–H and O–H groups in total. The summed E-state index contributed by atoms with van der Waals surface area (Å²) >= 11 is 0. The quantitative estimate of drug-likeness (QED) is 0.602. The number of hydrogen-bond acceptors (Lipinski definition) is 5. The van der Waals surface area contributed by atoms with Crippen molar-refractivity contribution in [2.75, 3.05) is 18.0 Å². The Labute approximate surface area is 202 Å². The molecule has 0 spiro atoms. The van der Waals surface area contributed by atoms with Crippen LogP contribution >= 0.6 is 0 Å². The second-order valence-corrected chi connectivity index (χ2v) is 10.7. The smallest absolute Gasteiger partial charge is 0.391 e. The van der Waals surface area contributed by atoms with Gasteiger partial charge in [-0.2, -0.15) is 28.0 Å². The van der Waals surface area contributed by atoms with Crippen LogP contribution in [0.3, 0.4) is 0 Å². The van der Waals surface area contributed by atoms with Crippen molar-refractivity contribution in [3.63, 3.8) is 0 Å². The van der Waals surface area contributed by atoms with Crippen molar-refractivity contribution in [2.24, 2.45) is 11.3 Å². The first-order valence-corrected chi connectivity index (χ1v) is 12.3. The van der Waals surface area contributed by atoms with Crippen LogP contribution in [0.4, 0.5) is 19.0 Å². The number of aromatic nitrogens is 3. The SMILES string of the molecule is Cc1nc2c(C#N)c([C@H]3CC[C@H](C(F)(F)F)CC3)nn2c(N2CCC[C@@](C)(C(=O)O)C2)c1C(C)C. The molecule has 1 aliphatic carbocycles. The summed E-state index contributed by atoms with van der Waals surface area (Å²) < 4.78 is 41.2. The van der Waals surface area contributed by atoms with E-state index in [1.54, 1.807) is 11.4 Å². The van der Waals surface area contributed by atoms with E-state index in [9.17, 15) is 28.3 Å². The van der Waals surface area contributed by atoms with E-state index in [-0.39, 0.29) is 24.7 Å². The number of hydrogen-bond donors (Lipinski definition) is 1. The fourth-order valence-corrected chi connectivity index (χ4v) is 5.83. The zero-order valence-corrected chi connectivity index (χ0v) is 20.6. The fraction of sp³-hybridized carbons (Fsp3) is 0.680. The monoisotopic (exact) mass is 491 g/mol. The standard InChI is InChI=1S/C25H32F3N5O2/c1-14(2)19-15(3)30-21-18(12-29)20(16-6-8-17(9-7-16)25(26,27)28)31-33(21)22(19)32-11-5-10-24(4,13-32)23(34)35/h14,16-17H,5-11,13H2,1-4H3,(H,34,35)/t16-,17-,24-/m1/s1. The lowest BCUT2D eigenvalue weighted by Crippen LogP contribution is -2.47. The molecule has 0 unspecified atom stereocenters. The zero-order chi connectivity index (χ0) is 25.7. The predicted octanol–water partition coefficient (Wildman–Crippen LogP) is 5.56. The molecule has 3 heterocycles. The van der Waals surface area contributed by atoms with Gasteiger partial charge < -0.3 is 10.0 Å². The number of carboxylic acids is 1. The molecule has 0 bridgehead atoms. The number of nitriles is 1. The molecule has 1 aliphatic heterocycles. The molecule has 1 saturated carbocycles. The highest BCUT2D eigenvalue weighted by atomic mass is 19.4. The maximum absolute atomic E-state index is 13.2. The summed E-state index contributed by atoms with van der Waals surface area (Å²) in [5, 5.41) is 24.7. The summed E-state index contributed by atoms with van der Waals surface area (Å²) in [6.45, 7) is 8.64. The van der Waals surface area contributed by atoms with Gasteiger partial charge >= 0.3 is 12.1 Å². The Kier molecular flexibility index (Phi) is 6.49. The number of carboxylic acid groups (broad SMARTS) is 1. The van der Waals surface area contributed by atoms with E-state index >= 15 is 0 Å². The minimum absolute atomic E-state index is 0.0204. The number of aryl methyl sites for hydroxylation is 1. The predicted molar refractivity (Wildman–Crippen MR) is 124 cm³/mol. The van der Waals surface area contributed by atoms with Crippen LogP contribution in [0.25, 0.3) is 5.65 Å². The van der Waals surface area contributed by atoms with E-state index in [4.69, 9.17) is 10.1 Å². The Morgan fingerprint density at radius 3 is 2.46 bits per heavy atom. The van der Waals surface area contributed by atoms with Gasteiger partial charge in [0.15, 0.2) is 5.65 Å². The van der Waals surface area contributed by atoms with Gasteiger partial charge in [-0.1, -0.05) is 13.8 Å². The molecular formula is C25H32F3N5O2. The first kappa shape index (κ1) is 25.3. The lowest BCUT2D eigenvalue weighted by atomic mass is 9.79. The van der Waals surface area contributed by atoms with Crippen LogP contribution in [0.5, 0.6) is 0 Å². The number of piperidine rings is 1. The van der Waals surface area contributed by atoms with Crippen molar-refractivity contribution in [1.82, 2.24) is 14.6 Å². The molecule has 1 saturated heterocycles. The van der Waals surface area contributed by atoms with E-state index in [1.165, 1.54) is 0 Å². The maximum Gasteiger partial charge on any atom is 0.391 e. The minimum Gasteiger partial charge on any atom is -0.481 e. The molecule has 2 aromatic rings. The van der Waals surface area contributed by atoms with Crippen LogP contribution in [-0.2, 0) is 4.79 Å². The molecule has 4 rings (SSSR count). The van der Waals surface area contributed by atoms with Crippen molar-refractivity contribution < 1.29 is 23.1 Å². The average molecular weight is 492 g/mol. The van der Waals surface area contributed by atoms with Gasteiger partial charge in [-0.3, -0.25) is 4.79 Å². The second kappa shape index (κ2) is 8.99. The number of halogens is 3. The maximum atomic E-state index is 13.2. The minimum atomic E-state index is -4.20. The Balaban J connectivity index is 1.84. The molecule has 1 atom stereocenters. The number of carbonyl (C=O) groups is 1. The van der Waals surface area contributed by atoms with E-state index < -0.39 is 23.5 Å². The van der Waals surface area contributed by atoms with E-state index in [2.05, 4.69) is 6.07 Å². The van der Waals surface area contributed by atoms with Gasteiger partial charge in [0.1, 0.15) is 17.5 Å². The Morgan fingerprint density at radius 1 is 1.26 bits per heavy atom. The molecule has 35 heavy (non-hydrogen) atoms. The summed E-state index contributed by atoms with van der Waals surface area (Å²) in [6.07, 6.45) is -2.27. The molecule has 190 valence electrons. The van der Waals surface area contributed by atoms with Crippen LogP contribution in [-0.4, -0.2) is 44.9 Å². The summed E-state index contributed by atoms with van der Waals surface area (Å²) in [5.41, 5.74) is 1.96. The number of alkyl halides is 3. The Morgan fingerprint density at radius 2 is 1.91 bits per heavy atom. The van der Waals surface area contributed by atoms with E-state index in [0.29, 0.717) is 55.7 Å². The summed E-state index contributed by atoms with van der Waals surface area (Å²) in [7, 11) is 0. The van der Waals surface area contributed by atoms with Gasteiger partial charge in [-0.25, -0.2) is 4.98 Å². The van der Waals surface area contributed by atoms with Crippen LogP contribution in [0.2, 0.25) is 0 Å². The summed E-state index contributed by atoms with van der Waals surface area (Å²) in [5.74, 6) is -1.60. The van der Waals surface area contributed by atoms with Crippen molar-refractivity contribution in [2.45, 2.75) is 84.2 Å². The highest BCUT2D eigenvalue weighted by Crippen LogP contribution is 2.44. The highest BCUT2D eigenvalue weighted by molar-refractivity contribution is 5.76. The van der Waals surface area contributed by atoms with Gasteiger partial charge in [0.05, 0.1) is 17.0 Å². The third-order valence-electron chi connectivity index (χ3n) is 7.77. The molecule has 10 heteroatoms. The summed E-state index contributed by atoms with van der Waals surface area (Å²) in [4.78, 5) is 18.8. The van der Waals surface area contributed by atoms with Crippen molar-refractivity contribution >= 4 is 17.4 Å². The zero-order valence-electron chi connectivity index (χ0n) is 20.6. The van der Waals surface area contributed by atoms with Crippen molar-refractivity contribution in [3.8, 4) is 6.07 Å². The lowest BCUT2D eigenvalue weighted by Gasteiger charge is -2.40. The van der Waals surface area contributed by atoms with Gasteiger partial charge in [0.2, 0.25) is 0 Å². The highest BCUT2D eigenvalue weighted by Gasteiger charge is 2.43. The molecular weight excluding hydrogens is 459 g/mol. The number of nitrogens with zero attached hydrogens (tertiary/aromatic N) is 5. The molecule has 0 aromatic carbocycles. The van der Waals surface area contributed by atoms with Gasteiger partial charge in [0.25, 0.3) is 0 Å². The van der Waals surface area contributed by atoms with Crippen LogP contribution in [0.15, 0.2) is 0 Å². The average Bonchev–Trinajstić information content (AvgIpc) is 3.15. The van der Waals surface area contributed by atoms with Crippen LogP contribution in [0.1, 0.15) is 93.6 Å². The normalized spacial score (nSPS) is 25.7. The third-order valence-corrected chi connectivity index (χ3v) is 7.77. The van der Waals surface area contributed by atoms with Gasteiger partial charge in [-0.05, 0) is 58.3 Å². The van der Waals surface area contributed by atoms with Gasteiger partial charge in [0, 0.05) is 30.3 Å². The lowest BCUT2D eigenvalue weighted by molar-refractivity contribution is -0.182. The number of rotatable bonds is 4. The number of anilines is 1. The van der Waals surface area contributed by atoms with E-state index in [1.807, 2.05) is 25.7 Å².